The number of amides is 2. The summed E-state index contributed by atoms with van der Waals surface area (Å²) in [5.74, 6) is -6.31. The molecule has 43 heteroatoms. The van der Waals surface area contributed by atoms with Crippen LogP contribution >= 0.6 is 31.9 Å². The Hall–Kier alpha value is -13.2. The quantitative estimate of drug-likeness (QED) is 0.0169. The van der Waals surface area contributed by atoms with Gasteiger partial charge in [0, 0.05) is 49.6 Å². The minimum absolute atomic E-state index is 0. The van der Waals surface area contributed by atoms with E-state index in [4.69, 9.17) is 43.6 Å². The van der Waals surface area contributed by atoms with Crippen LogP contribution in [0.15, 0.2) is 143 Å². The van der Waals surface area contributed by atoms with Crippen LogP contribution in [0.5, 0.6) is 29.4 Å². The first-order valence-corrected chi connectivity index (χ1v) is 37.5. The second-order valence-corrected chi connectivity index (χ2v) is 30.1. The average molecular weight is 1910 g/mol. The first-order chi connectivity index (χ1) is 58.1. The fourth-order valence-corrected chi connectivity index (χ4v) is 9.07. The number of carbonyl (C=O) groups is 6. The van der Waals surface area contributed by atoms with Crippen molar-refractivity contribution >= 4 is 98.0 Å². The molecule has 2 amide bonds. The predicted molar refractivity (Wildman–Crippen MR) is 452 cm³/mol. The molecule has 0 saturated heterocycles. The van der Waals surface area contributed by atoms with E-state index in [0.29, 0.717) is 53.0 Å². The molecular weight excluding hydrogens is 1810 g/mol. The zero-order chi connectivity index (χ0) is 93.0. The lowest BCUT2D eigenvalue weighted by Gasteiger charge is -2.27. The van der Waals surface area contributed by atoms with Crippen LogP contribution in [0.25, 0.3) is 0 Å². The van der Waals surface area contributed by atoms with Gasteiger partial charge >= 0.3 is 24.5 Å². The number of halogens is 12. The van der Waals surface area contributed by atoms with Gasteiger partial charge in [0.15, 0.2) is 41.7 Å². The largest absolute Gasteiger partial charge is 0.519 e. The average Bonchev–Trinajstić information content (AvgIpc) is 0.818. The number of hydrogen-bond acceptors (Lipinski definition) is 29. The van der Waals surface area contributed by atoms with Gasteiger partial charge in [-0.05, 0) is 228 Å². The van der Waals surface area contributed by atoms with Gasteiger partial charge in [-0.1, -0.05) is 27.0 Å². The van der Waals surface area contributed by atoms with E-state index in [1.807, 2.05) is 0 Å². The molecule has 126 heavy (non-hydrogen) atoms. The van der Waals surface area contributed by atoms with E-state index in [-0.39, 0.29) is 101 Å². The summed E-state index contributed by atoms with van der Waals surface area (Å²) < 4.78 is 181. The number of carbonyl (C=O) groups excluding carboxylic acids is 6. The number of hydrogen-bond donors (Lipinski definition) is 3. The summed E-state index contributed by atoms with van der Waals surface area (Å²) >= 11 is 6.02. The van der Waals surface area contributed by atoms with Crippen molar-refractivity contribution in [3.63, 3.8) is 0 Å². The van der Waals surface area contributed by atoms with Gasteiger partial charge in [0.05, 0.1) is 63.1 Å². The lowest BCUT2D eigenvalue weighted by Crippen LogP contribution is -2.37. The van der Waals surface area contributed by atoms with Gasteiger partial charge in [0.2, 0.25) is 59.1 Å². The van der Waals surface area contributed by atoms with Crippen LogP contribution in [0.1, 0.15) is 141 Å². The first kappa shape index (κ1) is 109. The van der Waals surface area contributed by atoms with Crippen LogP contribution in [0.2, 0.25) is 0 Å². The van der Waals surface area contributed by atoms with Crippen molar-refractivity contribution in [3.8, 4) is 29.4 Å². The molecule has 4 N–H and O–H groups in total. The van der Waals surface area contributed by atoms with Gasteiger partial charge in [-0.3, -0.25) is 19.4 Å². The Morgan fingerprint density at radius 2 is 0.746 bits per heavy atom. The van der Waals surface area contributed by atoms with Gasteiger partial charge in [0.1, 0.15) is 51.5 Å². The van der Waals surface area contributed by atoms with Crippen LogP contribution in [0, 0.1) is 58.8 Å². The summed E-state index contributed by atoms with van der Waals surface area (Å²) in [5.41, 5.74) is 3.95. The minimum Gasteiger partial charge on any atom is -0.479 e. The van der Waals surface area contributed by atoms with E-state index in [2.05, 4.69) is 102 Å². The van der Waals surface area contributed by atoms with Gasteiger partial charge < -0.3 is 63.7 Å². The van der Waals surface area contributed by atoms with Gasteiger partial charge in [-0.25, -0.2) is 91.0 Å². The number of nitrogens with zero attached hydrogens (tertiary/aromatic N) is 12. The molecule has 682 valence electrons. The van der Waals surface area contributed by atoms with Gasteiger partial charge in [0.25, 0.3) is 0 Å². The van der Waals surface area contributed by atoms with Crippen LogP contribution in [-0.2, 0) is 49.9 Å². The van der Waals surface area contributed by atoms with Crippen molar-refractivity contribution < 1.29 is 120 Å². The number of nitrogen functional groups attached to an aromatic ring is 1. The van der Waals surface area contributed by atoms with E-state index in [1.54, 1.807) is 95.2 Å². The molecule has 31 nitrogen and oxygen atoms in total. The van der Waals surface area contributed by atoms with Gasteiger partial charge in [-0.2, -0.15) is 22.0 Å². The maximum atomic E-state index is 13.9. The highest BCUT2D eigenvalue weighted by Gasteiger charge is 2.29. The molecule has 0 aliphatic carbocycles. The van der Waals surface area contributed by atoms with Crippen molar-refractivity contribution in [1.29, 1.82) is 0 Å². The molecule has 0 atom stereocenters. The maximum absolute atomic E-state index is 13.9. The van der Waals surface area contributed by atoms with Crippen molar-refractivity contribution in [2.75, 3.05) is 61.7 Å². The number of nitrogens with two attached hydrogens (primary N) is 1. The summed E-state index contributed by atoms with van der Waals surface area (Å²) in [4.78, 5) is 107. The third kappa shape index (κ3) is 40.0. The maximum Gasteiger partial charge on any atom is 0.519 e. The Bertz CT molecular complexity index is 5190. The summed E-state index contributed by atoms with van der Waals surface area (Å²) in [6, 6.07) is 23.2. The van der Waals surface area contributed by atoms with Crippen molar-refractivity contribution in [2.24, 2.45) is 0 Å². The third-order valence-electron chi connectivity index (χ3n) is 13.8. The van der Waals surface area contributed by atoms with E-state index in [0.717, 1.165) is 21.9 Å². The molecule has 0 bridgehead atoms. The van der Waals surface area contributed by atoms with Crippen molar-refractivity contribution in [1.82, 2.24) is 49.8 Å². The highest BCUT2D eigenvalue weighted by molar-refractivity contribution is 9.10. The predicted octanol–water partition coefficient (Wildman–Crippen LogP) is 19.5. The van der Waals surface area contributed by atoms with E-state index in [9.17, 15) is 72.7 Å². The molecule has 0 aromatic carbocycles. The van der Waals surface area contributed by atoms with E-state index in [1.165, 1.54) is 145 Å². The number of anilines is 5. The summed E-state index contributed by atoms with van der Waals surface area (Å²) in [6.45, 7) is 20.4. The number of rotatable bonds is 19. The lowest BCUT2D eigenvalue weighted by atomic mass is 10.2. The number of ether oxygens (including phenoxy) is 10. The Kier molecular flexibility index (Phi) is 44.7. The van der Waals surface area contributed by atoms with E-state index >= 15 is 0 Å². The summed E-state index contributed by atoms with van der Waals surface area (Å²) in [5, 5.41) is 5.74. The molecule has 10 rings (SSSR count). The molecule has 10 aromatic rings. The Labute approximate surface area is 737 Å². The second-order valence-electron chi connectivity index (χ2n) is 28.4. The monoisotopic (exact) mass is 1910 g/mol. The second kappa shape index (κ2) is 51.8. The van der Waals surface area contributed by atoms with Crippen LogP contribution in [0.3, 0.4) is 0 Å². The Morgan fingerprint density at radius 1 is 0.405 bits per heavy atom. The van der Waals surface area contributed by atoms with Gasteiger partial charge in [-0.15, -0.1) is 0 Å². The number of aldehydes is 2. The SMILES string of the molecule is C.C.CC(C)(C)OC(=O)OC(=O)OC(C)(C)C.COc1ncc(C=O)cc1F.COc1ncc(CN(C(=O)OC(C)(C)C)c2ccc(Br)c(F)n2)cc1F.COc1ncc(CN(C(=O)OC(C)(C)C)c2ccc(C=O)c(F)n2)cc1F.COc1ncc(CNc2ccc(Br)c(F)n2)cc1F.COc1ncc(CNc2cccc(F)n2)cc1F.Nc1cccc(F)n1. The number of methoxy groups -OCH3 is 5. The summed E-state index contributed by atoms with van der Waals surface area (Å²) in [7, 11) is 6.58. The third-order valence-corrected chi connectivity index (χ3v) is 15.0. The summed E-state index contributed by atoms with van der Waals surface area (Å²) in [6.07, 6.45) is 4.03. The molecule has 0 saturated carbocycles. The molecule has 0 unspecified atom stereocenters. The zero-order valence-corrected chi connectivity index (χ0v) is 72.9. The van der Waals surface area contributed by atoms with Crippen LogP contribution < -0.4 is 49.9 Å². The molecule has 0 aliphatic rings. The molecule has 10 heterocycles. The molecule has 0 aliphatic heterocycles. The topological polar surface area (TPSA) is 380 Å². The smallest absolute Gasteiger partial charge is 0.479 e. The standard InChI is InChI=1S/C18H19F2N3O4.C17H18BrF2N3O3.C12H10BrF2N3O.C12H11F2N3O.C10H18O5.C7H6FNO2.C5H5FN2.2CH4/c1-18(2,3)27-17(25)23(14-6-5-12(10-24)15(20)22-14)9-11-7-13(19)16(26-4)21-8-11;1-17(2,3)26-16(24)23(13-6-5-11(18)14(20)22-13)9-10-7-12(19)15(25-4)21-8-10;1-19-12-9(14)4-7(6-17-12)5-16-10-3-2-8(13)11(15)18-10;1-18-12-9(13)5-8(7-16-12)6-15-11-4-2-3-10(14)17-11;1-9(2,3)14-7(11)13-8(12)15-10(4,5)6;1-11-7-6(8)2-5(4-10)3-9-7;6-4-2-1-3-5(7)8-4;;/h5-8,10H,9H2,1-4H3;5-8H,9H2,1-4H3;2-4,6H,5H2,1H3,(H,16,18);2-5,7H,6H2,1H3,(H,15,17);1-6H3;2-4H,1H3;1-3H,(H2,7,8);2*1H4. The lowest BCUT2D eigenvalue weighted by molar-refractivity contribution is -0.0295. The Morgan fingerprint density at radius 3 is 1.07 bits per heavy atom. The molecular formula is C83H95Br2F10N15O16. The Balaban J connectivity index is 0.000000510. The highest BCUT2D eigenvalue weighted by atomic mass is 79.9. The zero-order valence-electron chi connectivity index (χ0n) is 69.7. The normalized spacial score (nSPS) is 10.5. The van der Waals surface area contributed by atoms with Crippen LogP contribution in [0.4, 0.5) is 92.2 Å². The first-order valence-electron chi connectivity index (χ1n) is 35.9. The molecule has 0 radical (unpaired) electrons. The number of aromatic nitrogens is 10. The molecule has 10 aromatic heterocycles. The van der Waals surface area contributed by atoms with Crippen molar-refractivity contribution in [2.45, 2.75) is 147 Å². The van der Waals surface area contributed by atoms with E-state index < -0.39 is 106 Å². The minimum atomic E-state index is -1.06. The van der Waals surface area contributed by atoms with Crippen LogP contribution in [-0.4, -0.2) is 145 Å². The number of pyridine rings is 10. The number of nitrogens with one attached hydrogen (secondary N) is 2. The van der Waals surface area contributed by atoms with Crippen molar-refractivity contribution in [3.05, 3.63) is 235 Å². The fraction of sp³-hybridized carbons (Fsp3) is 0.325. The molecule has 0 spiro atoms. The highest BCUT2D eigenvalue weighted by Crippen LogP contribution is 2.28. The molecule has 0 fully saturated rings. The fourth-order valence-electron chi connectivity index (χ4n) is 8.63.